The van der Waals surface area contributed by atoms with Gasteiger partial charge in [0.2, 0.25) is 6.79 Å². The van der Waals surface area contributed by atoms with Crippen LogP contribution in [0.15, 0.2) is 42.6 Å². The molecule has 4 rings (SSSR count). The van der Waals surface area contributed by atoms with Crippen LogP contribution >= 0.6 is 11.6 Å². The van der Waals surface area contributed by atoms with Crippen LogP contribution in [-0.2, 0) is 0 Å². The zero-order valence-electron chi connectivity index (χ0n) is 11.2. The van der Waals surface area contributed by atoms with Crippen molar-refractivity contribution in [1.82, 2.24) is 9.38 Å². The fourth-order valence-electron chi connectivity index (χ4n) is 2.33. The molecule has 1 N–H and O–H groups in total. The number of aromatic nitrogens is 2. The Hall–Kier alpha value is -2.73. The van der Waals surface area contributed by atoms with E-state index < -0.39 is 0 Å². The Balaban J connectivity index is 1.68. The Morgan fingerprint density at radius 2 is 2.09 bits per heavy atom. The van der Waals surface area contributed by atoms with E-state index in [-0.39, 0.29) is 23.5 Å². The minimum atomic E-state index is -0.345. The molecule has 0 aliphatic carbocycles. The van der Waals surface area contributed by atoms with Crippen LogP contribution in [0.2, 0.25) is 5.15 Å². The van der Waals surface area contributed by atoms with E-state index in [1.54, 1.807) is 34.9 Å². The van der Waals surface area contributed by atoms with E-state index in [2.05, 4.69) is 10.3 Å². The molecule has 1 amide bonds. The molecule has 1 aliphatic heterocycles. The summed E-state index contributed by atoms with van der Waals surface area (Å²) >= 11 is 6.09. The van der Waals surface area contributed by atoms with E-state index in [4.69, 9.17) is 21.1 Å². The van der Waals surface area contributed by atoms with Crippen molar-refractivity contribution in [2.75, 3.05) is 12.1 Å². The summed E-state index contributed by atoms with van der Waals surface area (Å²) in [5, 5.41) is 2.94. The number of carbonyl (C=O) groups excluding carboxylic acids is 1. The van der Waals surface area contributed by atoms with Crippen molar-refractivity contribution < 1.29 is 14.3 Å². The van der Waals surface area contributed by atoms with Crippen LogP contribution in [0.25, 0.3) is 5.65 Å². The highest BCUT2D eigenvalue weighted by Crippen LogP contribution is 2.34. The topological polar surface area (TPSA) is 64.9 Å². The van der Waals surface area contributed by atoms with Gasteiger partial charge in [-0.05, 0) is 24.3 Å². The molecule has 0 fully saturated rings. The zero-order valence-corrected chi connectivity index (χ0v) is 12.0. The maximum Gasteiger partial charge on any atom is 0.275 e. The third kappa shape index (κ3) is 2.05. The molecule has 6 nitrogen and oxygen atoms in total. The molecular formula is C15H10ClN3O3. The van der Waals surface area contributed by atoms with Crippen molar-refractivity contribution in [2.45, 2.75) is 0 Å². The standard InChI is InChI=1S/C15H10ClN3O3/c16-14-13(19-6-2-1-3-12(19)18-14)15(20)17-9-4-5-10-11(7-9)22-8-21-10/h1-7H,8H2,(H,17,20). The molecule has 0 spiro atoms. The van der Waals surface area contributed by atoms with E-state index in [9.17, 15) is 4.79 Å². The minimum Gasteiger partial charge on any atom is -0.454 e. The average molecular weight is 316 g/mol. The Morgan fingerprint density at radius 1 is 1.23 bits per heavy atom. The molecule has 3 heterocycles. The molecule has 7 heteroatoms. The molecule has 0 saturated heterocycles. The number of halogens is 1. The highest BCUT2D eigenvalue weighted by Gasteiger charge is 2.19. The maximum absolute atomic E-state index is 12.5. The summed E-state index contributed by atoms with van der Waals surface area (Å²) in [6, 6.07) is 10.6. The third-order valence-corrected chi connectivity index (χ3v) is 3.60. The fraction of sp³-hybridized carbons (Fsp3) is 0.0667. The number of ether oxygens (including phenoxy) is 2. The second-order valence-electron chi connectivity index (χ2n) is 4.70. The van der Waals surface area contributed by atoms with Crippen LogP contribution in [0.5, 0.6) is 11.5 Å². The first-order valence-corrected chi connectivity index (χ1v) is 6.94. The second-order valence-corrected chi connectivity index (χ2v) is 5.06. The van der Waals surface area contributed by atoms with Crippen LogP contribution in [0.1, 0.15) is 10.5 Å². The number of carbonyl (C=O) groups is 1. The number of benzene rings is 1. The highest BCUT2D eigenvalue weighted by atomic mass is 35.5. The molecule has 0 saturated carbocycles. The van der Waals surface area contributed by atoms with E-state index >= 15 is 0 Å². The van der Waals surface area contributed by atoms with Gasteiger partial charge >= 0.3 is 0 Å². The largest absolute Gasteiger partial charge is 0.454 e. The lowest BCUT2D eigenvalue weighted by atomic mass is 10.2. The van der Waals surface area contributed by atoms with Crippen molar-refractivity contribution in [1.29, 1.82) is 0 Å². The van der Waals surface area contributed by atoms with E-state index in [0.717, 1.165) is 0 Å². The lowest BCUT2D eigenvalue weighted by Gasteiger charge is -2.06. The average Bonchev–Trinajstić information content (AvgIpc) is 3.09. The summed E-state index contributed by atoms with van der Waals surface area (Å²) in [5.41, 5.74) is 1.49. The highest BCUT2D eigenvalue weighted by molar-refractivity contribution is 6.33. The van der Waals surface area contributed by atoms with Gasteiger partial charge in [-0.15, -0.1) is 0 Å². The van der Waals surface area contributed by atoms with Crippen molar-refractivity contribution >= 4 is 28.8 Å². The van der Waals surface area contributed by atoms with Crippen molar-refractivity contribution in [2.24, 2.45) is 0 Å². The van der Waals surface area contributed by atoms with Crippen molar-refractivity contribution in [3.05, 3.63) is 53.4 Å². The number of pyridine rings is 1. The molecule has 1 aromatic carbocycles. The predicted octanol–water partition coefficient (Wildman–Crippen LogP) is 2.97. The first-order chi connectivity index (χ1) is 10.7. The quantitative estimate of drug-likeness (QED) is 0.789. The second kappa shape index (κ2) is 4.92. The summed E-state index contributed by atoms with van der Waals surface area (Å²) in [6.45, 7) is 0.186. The monoisotopic (exact) mass is 315 g/mol. The summed E-state index contributed by atoms with van der Waals surface area (Å²) in [5.74, 6) is 0.912. The molecule has 0 unspecified atom stereocenters. The first kappa shape index (κ1) is 13.0. The number of anilines is 1. The molecule has 110 valence electrons. The molecule has 22 heavy (non-hydrogen) atoms. The van der Waals surface area contributed by atoms with Gasteiger partial charge in [0.1, 0.15) is 5.65 Å². The van der Waals surface area contributed by atoms with Crippen LogP contribution in [0, 0.1) is 0 Å². The van der Waals surface area contributed by atoms with Gasteiger partial charge in [-0.3, -0.25) is 9.20 Å². The van der Waals surface area contributed by atoms with Crippen LogP contribution in [0.3, 0.4) is 0 Å². The number of rotatable bonds is 2. The number of hydrogen-bond donors (Lipinski definition) is 1. The normalized spacial score (nSPS) is 12.6. The van der Waals surface area contributed by atoms with Crippen molar-refractivity contribution in [3.8, 4) is 11.5 Å². The lowest BCUT2D eigenvalue weighted by molar-refractivity contribution is 0.102. The van der Waals surface area contributed by atoms with Gasteiger partial charge in [0.25, 0.3) is 5.91 Å². The summed E-state index contributed by atoms with van der Waals surface area (Å²) in [7, 11) is 0. The van der Waals surface area contributed by atoms with E-state index in [1.165, 1.54) is 0 Å². The minimum absolute atomic E-state index is 0.157. The summed E-state index contributed by atoms with van der Waals surface area (Å²) in [4.78, 5) is 16.6. The molecule has 0 bridgehead atoms. The van der Waals surface area contributed by atoms with E-state index in [0.29, 0.717) is 22.8 Å². The molecule has 0 atom stereocenters. The van der Waals surface area contributed by atoms with Crippen LogP contribution in [-0.4, -0.2) is 22.1 Å². The van der Waals surface area contributed by atoms with Gasteiger partial charge in [0.05, 0.1) is 0 Å². The molecular weight excluding hydrogens is 306 g/mol. The number of imidazole rings is 1. The number of nitrogens with one attached hydrogen (secondary N) is 1. The predicted molar refractivity (Wildman–Crippen MR) is 80.7 cm³/mol. The van der Waals surface area contributed by atoms with Crippen molar-refractivity contribution in [3.63, 3.8) is 0 Å². The number of hydrogen-bond acceptors (Lipinski definition) is 4. The lowest BCUT2D eigenvalue weighted by Crippen LogP contribution is -2.14. The van der Waals surface area contributed by atoms with Crippen LogP contribution < -0.4 is 14.8 Å². The van der Waals surface area contributed by atoms with Gasteiger partial charge < -0.3 is 14.8 Å². The summed E-state index contributed by atoms with van der Waals surface area (Å²) in [6.07, 6.45) is 1.74. The molecule has 0 radical (unpaired) electrons. The van der Waals surface area contributed by atoms with Crippen LogP contribution in [0.4, 0.5) is 5.69 Å². The molecule has 3 aromatic rings. The number of amides is 1. The third-order valence-electron chi connectivity index (χ3n) is 3.33. The van der Waals surface area contributed by atoms with E-state index in [1.807, 2.05) is 12.1 Å². The van der Waals surface area contributed by atoms with Gasteiger partial charge in [-0.2, -0.15) is 0 Å². The molecule has 2 aromatic heterocycles. The fourth-order valence-corrected chi connectivity index (χ4v) is 2.60. The zero-order chi connectivity index (χ0) is 15.1. The van der Waals surface area contributed by atoms with Gasteiger partial charge in [0.15, 0.2) is 22.3 Å². The Morgan fingerprint density at radius 3 is 3.00 bits per heavy atom. The van der Waals surface area contributed by atoms with Gasteiger partial charge in [0, 0.05) is 18.0 Å². The Kier molecular flexibility index (Phi) is 2.90. The maximum atomic E-state index is 12.5. The smallest absolute Gasteiger partial charge is 0.275 e. The molecule has 1 aliphatic rings. The number of nitrogens with zero attached hydrogens (tertiary/aromatic N) is 2. The van der Waals surface area contributed by atoms with Gasteiger partial charge in [-0.1, -0.05) is 17.7 Å². The van der Waals surface area contributed by atoms with Gasteiger partial charge in [-0.25, -0.2) is 4.98 Å². The first-order valence-electron chi connectivity index (χ1n) is 6.56. The Bertz CT molecular complexity index is 891. The SMILES string of the molecule is O=C(Nc1ccc2c(c1)OCO2)c1c(Cl)nc2ccccn12. The number of fused-ring (bicyclic) bond motifs is 2. The summed E-state index contributed by atoms with van der Waals surface area (Å²) < 4.78 is 12.2. The Labute approximate surface area is 130 Å².